The van der Waals surface area contributed by atoms with Crippen LogP contribution < -0.4 is 4.74 Å². The Morgan fingerprint density at radius 1 is 1.28 bits per heavy atom. The highest BCUT2D eigenvalue weighted by Crippen LogP contribution is 2.25. The zero-order chi connectivity index (χ0) is 13.8. The van der Waals surface area contributed by atoms with Gasteiger partial charge in [0, 0.05) is 12.3 Å². The van der Waals surface area contributed by atoms with Gasteiger partial charge in [-0.3, -0.25) is 4.79 Å². The second kappa shape index (κ2) is 5.89. The van der Waals surface area contributed by atoms with Crippen molar-refractivity contribution in [1.29, 1.82) is 0 Å². The van der Waals surface area contributed by atoms with E-state index >= 15 is 0 Å². The molecule has 0 bridgehead atoms. The van der Waals surface area contributed by atoms with Crippen molar-refractivity contribution in [3.05, 3.63) is 29.8 Å². The molecule has 0 radical (unpaired) electrons. The van der Waals surface area contributed by atoms with E-state index in [4.69, 9.17) is 0 Å². The van der Waals surface area contributed by atoms with E-state index in [1.165, 1.54) is 24.3 Å². The molecule has 0 heterocycles. The molecule has 100 valence electrons. The third-order valence-corrected chi connectivity index (χ3v) is 2.59. The highest BCUT2D eigenvalue weighted by atomic mass is 19.4. The third kappa shape index (κ3) is 4.39. The van der Waals surface area contributed by atoms with E-state index < -0.39 is 6.36 Å². The summed E-state index contributed by atoms with van der Waals surface area (Å²) in [4.78, 5) is 11.6. The minimum Gasteiger partial charge on any atom is -0.406 e. The van der Waals surface area contributed by atoms with Crippen molar-refractivity contribution in [2.45, 2.75) is 39.0 Å². The first-order chi connectivity index (χ1) is 8.33. The van der Waals surface area contributed by atoms with Crippen LogP contribution in [0.4, 0.5) is 13.2 Å². The number of ether oxygens (including phenoxy) is 1. The molecule has 0 saturated carbocycles. The number of Topliss-reactive ketones (excluding diaryl/α,β-unsaturated/α-hetero) is 1. The maximum absolute atomic E-state index is 12.0. The minimum atomic E-state index is -4.69. The molecule has 0 saturated heterocycles. The van der Waals surface area contributed by atoms with Crippen molar-refractivity contribution < 1.29 is 22.7 Å². The summed E-state index contributed by atoms with van der Waals surface area (Å²) in [5.74, 6) is -0.492. The number of rotatable bonds is 5. The molecular formula is C13H15F3O2. The van der Waals surface area contributed by atoms with Crippen molar-refractivity contribution in [1.82, 2.24) is 0 Å². The number of benzene rings is 1. The number of hydrogen-bond donors (Lipinski definition) is 0. The molecule has 2 nitrogen and oxygen atoms in total. The van der Waals surface area contributed by atoms with Gasteiger partial charge in [0.25, 0.3) is 0 Å². The first-order valence-corrected chi connectivity index (χ1v) is 5.72. The molecule has 0 aliphatic rings. The van der Waals surface area contributed by atoms with Crippen LogP contribution in [0, 0.1) is 0 Å². The fourth-order valence-electron chi connectivity index (χ4n) is 1.61. The smallest absolute Gasteiger partial charge is 0.406 e. The molecule has 0 aromatic heterocycles. The number of carbonyl (C=O) groups is 1. The van der Waals surface area contributed by atoms with E-state index in [9.17, 15) is 18.0 Å². The molecule has 0 aliphatic heterocycles. The first-order valence-electron chi connectivity index (χ1n) is 5.72. The van der Waals surface area contributed by atoms with E-state index in [2.05, 4.69) is 4.74 Å². The van der Waals surface area contributed by atoms with Crippen LogP contribution >= 0.6 is 0 Å². The van der Waals surface area contributed by atoms with E-state index in [1.807, 2.05) is 6.92 Å². The van der Waals surface area contributed by atoms with Gasteiger partial charge in [-0.05, 0) is 24.1 Å². The number of halogens is 3. The van der Waals surface area contributed by atoms with Crippen LogP contribution in [0.2, 0.25) is 0 Å². The third-order valence-electron chi connectivity index (χ3n) is 2.59. The lowest BCUT2D eigenvalue weighted by molar-refractivity contribution is -0.274. The van der Waals surface area contributed by atoms with Crippen LogP contribution in [0.15, 0.2) is 24.3 Å². The summed E-state index contributed by atoms with van der Waals surface area (Å²) < 4.78 is 39.6. The van der Waals surface area contributed by atoms with Crippen LogP contribution in [0.25, 0.3) is 0 Å². The summed E-state index contributed by atoms with van der Waals surface area (Å²) in [6.07, 6.45) is -3.45. The van der Waals surface area contributed by atoms with Gasteiger partial charge in [-0.25, -0.2) is 0 Å². The van der Waals surface area contributed by atoms with Gasteiger partial charge in [0.15, 0.2) is 0 Å². The summed E-state index contributed by atoms with van der Waals surface area (Å²) >= 11 is 0. The normalized spacial score (nSPS) is 13.2. The van der Waals surface area contributed by atoms with E-state index in [-0.39, 0.29) is 17.5 Å². The summed E-state index contributed by atoms with van der Waals surface area (Å²) in [5.41, 5.74) is 0.697. The molecule has 1 aromatic carbocycles. The SMILES string of the molecule is CCCC(=O)C(C)c1ccc(OC(F)(F)F)cc1. The monoisotopic (exact) mass is 260 g/mol. The molecular weight excluding hydrogens is 245 g/mol. The molecule has 0 amide bonds. The Morgan fingerprint density at radius 3 is 2.28 bits per heavy atom. The van der Waals surface area contributed by atoms with Crippen LogP contribution in [0.1, 0.15) is 38.2 Å². The van der Waals surface area contributed by atoms with Gasteiger partial charge in [0.1, 0.15) is 11.5 Å². The van der Waals surface area contributed by atoms with Crippen molar-refractivity contribution in [3.8, 4) is 5.75 Å². The fraction of sp³-hybridized carbons (Fsp3) is 0.462. The number of hydrogen-bond acceptors (Lipinski definition) is 2. The second-order valence-electron chi connectivity index (χ2n) is 4.05. The average molecular weight is 260 g/mol. The molecule has 5 heteroatoms. The molecule has 1 aromatic rings. The quantitative estimate of drug-likeness (QED) is 0.798. The van der Waals surface area contributed by atoms with Crippen LogP contribution in [-0.2, 0) is 4.79 Å². The maximum Gasteiger partial charge on any atom is 0.573 e. The molecule has 0 aliphatic carbocycles. The van der Waals surface area contributed by atoms with Gasteiger partial charge >= 0.3 is 6.36 Å². The van der Waals surface area contributed by atoms with E-state index in [1.54, 1.807) is 6.92 Å². The maximum atomic E-state index is 12.0. The Hall–Kier alpha value is -1.52. The zero-order valence-electron chi connectivity index (χ0n) is 10.3. The lowest BCUT2D eigenvalue weighted by Gasteiger charge is -2.12. The number of carbonyl (C=O) groups excluding carboxylic acids is 1. The summed E-state index contributed by atoms with van der Waals surface area (Å²) in [6.45, 7) is 3.66. The molecule has 1 unspecified atom stereocenters. The minimum absolute atomic E-state index is 0.0852. The fourth-order valence-corrected chi connectivity index (χ4v) is 1.61. The van der Waals surface area contributed by atoms with Crippen molar-refractivity contribution >= 4 is 5.78 Å². The zero-order valence-corrected chi connectivity index (χ0v) is 10.3. The first kappa shape index (κ1) is 14.5. The Balaban J connectivity index is 2.73. The Kier molecular flexibility index (Phi) is 4.76. The lowest BCUT2D eigenvalue weighted by atomic mass is 9.94. The molecule has 0 spiro atoms. The van der Waals surface area contributed by atoms with Gasteiger partial charge in [-0.2, -0.15) is 0 Å². The van der Waals surface area contributed by atoms with Crippen molar-refractivity contribution in [2.24, 2.45) is 0 Å². The van der Waals surface area contributed by atoms with Crippen LogP contribution in [-0.4, -0.2) is 12.1 Å². The predicted molar refractivity (Wildman–Crippen MR) is 61.5 cm³/mol. The highest BCUT2D eigenvalue weighted by molar-refractivity contribution is 5.85. The van der Waals surface area contributed by atoms with Crippen molar-refractivity contribution in [3.63, 3.8) is 0 Å². The molecule has 0 N–H and O–H groups in total. The van der Waals surface area contributed by atoms with Gasteiger partial charge < -0.3 is 4.74 Å². The number of alkyl halides is 3. The molecule has 1 rings (SSSR count). The van der Waals surface area contributed by atoms with Gasteiger partial charge in [-0.15, -0.1) is 13.2 Å². The molecule has 0 fully saturated rings. The van der Waals surface area contributed by atoms with E-state index in [0.717, 1.165) is 6.42 Å². The largest absolute Gasteiger partial charge is 0.573 e. The van der Waals surface area contributed by atoms with Crippen molar-refractivity contribution in [2.75, 3.05) is 0 Å². The van der Waals surface area contributed by atoms with E-state index in [0.29, 0.717) is 12.0 Å². The average Bonchev–Trinajstić information content (AvgIpc) is 2.27. The standard InChI is InChI=1S/C13H15F3O2/c1-3-4-12(17)9(2)10-5-7-11(8-6-10)18-13(14,15)16/h5-9H,3-4H2,1-2H3. The van der Waals surface area contributed by atoms with Gasteiger partial charge in [0.2, 0.25) is 0 Å². The Morgan fingerprint density at radius 2 is 1.83 bits per heavy atom. The van der Waals surface area contributed by atoms with Gasteiger partial charge in [-0.1, -0.05) is 26.0 Å². The van der Waals surface area contributed by atoms with Crippen LogP contribution in [0.3, 0.4) is 0 Å². The summed E-state index contributed by atoms with van der Waals surface area (Å²) in [7, 11) is 0. The molecule has 18 heavy (non-hydrogen) atoms. The summed E-state index contributed by atoms with van der Waals surface area (Å²) in [6, 6.07) is 5.41. The Bertz CT molecular complexity index is 396. The lowest BCUT2D eigenvalue weighted by Crippen LogP contribution is -2.17. The Labute approximate surface area is 104 Å². The number of ketones is 1. The second-order valence-corrected chi connectivity index (χ2v) is 4.05. The topological polar surface area (TPSA) is 26.3 Å². The highest BCUT2D eigenvalue weighted by Gasteiger charge is 2.31. The van der Waals surface area contributed by atoms with Gasteiger partial charge in [0.05, 0.1) is 0 Å². The predicted octanol–water partition coefficient (Wildman–Crippen LogP) is 4.06. The van der Waals surface area contributed by atoms with Crippen LogP contribution in [0.5, 0.6) is 5.75 Å². The summed E-state index contributed by atoms with van der Waals surface area (Å²) in [5, 5.41) is 0. The molecule has 1 atom stereocenters.